The Labute approximate surface area is 156 Å². The Hall–Kier alpha value is -1.47. The quantitative estimate of drug-likeness (QED) is 0.582. The molecule has 0 atom stereocenters. The van der Waals surface area contributed by atoms with Crippen molar-refractivity contribution in [3.05, 3.63) is 34.3 Å². The van der Waals surface area contributed by atoms with Gasteiger partial charge in [-0.3, -0.25) is 0 Å². The summed E-state index contributed by atoms with van der Waals surface area (Å²) in [6, 6.07) is 6.94. The van der Waals surface area contributed by atoms with Crippen LogP contribution in [0.2, 0.25) is 0 Å². The van der Waals surface area contributed by atoms with Crippen molar-refractivity contribution < 1.29 is 19.1 Å². The van der Waals surface area contributed by atoms with E-state index in [-0.39, 0.29) is 4.99 Å². The van der Waals surface area contributed by atoms with Crippen molar-refractivity contribution in [2.24, 2.45) is 0 Å². The SMILES string of the molecule is CC(C)(C)OC(=O)N(C(=O)OC(C)(C)C)C(=S)c1ccc(Br)cc1. The maximum atomic E-state index is 12.5. The Morgan fingerprint density at radius 1 is 0.917 bits per heavy atom. The van der Waals surface area contributed by atoms with Gasteiger partial charge in [0.15, 0.2) is 0 Å². The van der Waals surface area contributed by atoms with Gasteiger partial charge in [-0.15, -0.1) is 0 Å². The van der Waals surface area contributed by atoms with Gasteiger partial charge in [0, 0.05) is 10.0 Å². The zero-order chi connectivity index (χ0) is 18.7. The van der Waals surface area contributed by atoms with Crippen LogP contribution >= 0.6 is 28.1 Å². The topological polar surface area (TPSA) is 55.8 Å². The molecule has 0 aliphatic carbocycles. The highest BCUT2D eigenvalue weighted by Crippen LogP contribution is 2.19. The molecule has 2 amide bonds. The molecule has 0 saturated heterocycles. The largest absolute Gasteiger partial charge is 0.443 e. The highest BCUT2D eigenvalue weighted by Gasteiger charge is 2.34. The van der Waals surface area contributed by atoms with E-state index in [1.54, 1.807) is 65.8 Å². The zero-order valence-electron chi connectivity index (χ0n) is 14.7. The molecule has 1 aromatic rings. The summed E-state index contributed by atoms with van der Waals surface area (Å²) in [5.74, 6) is 0. The van der Waals surface area contributed by atoms with Gasteiger partial charge in [-0.1, -0.05) is 40.3 Å². The number of hydrogen-bond acceptors (Lipinski definition) is 5. The molecule has 0 spiro atoms. The van der Waals surface area contributed by atoms with Gasteiger partial charge in [-0.05, 0) is 53.7 Å². The van der Waals surface area contributed by atoms with Crippen molar-refractivity contribution in [2.75, 3.05) is 0 Å². The molecule has 132 valence electrons. The maximum absolute atomic E-state index is 12.5. The normalized spacial score (nSPS) is 11.6. The third kappa shape index (κ3) is 6.57. The second-order valence-corrected chi connectivity index (χ2v) is 8.41. The van der Waals surface area contributed by atoms with Crippen LogP contribution in [0, 0.1) is 0 Å². The third-order valence-electron chi connectivity index (χ3n) is 2.45. The first-order chi connectivity index (χ1) is 10.8. The lowest BCUT2D eigenvalue weighted by Gasteiger charge is -2.28. The Bertz CT molecular complexity index is 601. The molecule has 7 heteroatoms. The molecule has 0 aliphatic heterocycles. The first kappa shape index (κ1) is 20.6. The van der Waals surface area contributed by atoms with Crippen molar-refractivity contribution in [3.63, 3.8) is 0 Å². The first-order valence-electron chi connectivity index (χ1n) is 7.36. The number of halogens is 1. The molecule has 0 aromatic heterocycles. The van der Waals surface area contributed by atoms with E-state index in [2.05, 4.69) is 15.9 Å². The molecule has 0 bridgehead atoms. The highest BCUT2D eigenvalue weighted by atomic mass is 79.9. The number of carbonyl (C=O) groups is 2. The van der Waals surface area contributed by atoms with Gasteiger partial charge in [0.1, 0.15) is 16.2 Å². The second kappa shape index (κ2) is 7.61. The van der Waals surface area contributed by atoms with Crippen LogP contribution in [-0.4, -0.2) is 33.3 Å². The van der Waals surface area contributed by atoms with Crippen molar-refractivity contribution in [3.8, 4) is 0 Å². The standard InChI is InChI=1S/C17H22BrNO4S/c1-16(2,3)22-14(20)19(15(21)23-17(4,5)6)13(24)11-7-9-12(18)10-8-11/h7-10H,1-6H3. The molecule has 0 radical (unpaired) electrons. The number of amides is 2. The summed E-state index contributed by atoms with van der Waals surface area (Å²) < 4.78 is 11.4. The number of thiocarbonyl (C=S) groups is 1. The Kier molecular flexibility index (Phi) is 6.52. The fourth-order valence-corrected chi connectivity index (χ4v) is 2.13. The van der Waals surface area contributed by atoms with E-state index < -0.39 is 23.4 Å². The van der Waals surface area contributed by atoms with Crippen LogP contribution in [0.1, 0.15) is 47.1 Å². The van der Waals surface area contributed by atoms with E-state index in [4.69, 9.17) is 21.7 Å². The van der Waals surface area contributed by atoms with Crippen LogP contribution in [-0.2, 0) is 9.47 Å². The summed E-state index contributed by atoms with van der Waals surface area (Å²) in [6.07, 6.45) is -1.74. The summed E-state index contributed by atoms with van der Waals surface area (Å²) >= 11 is 8.65. The molecule has 0 saturated carbocycles. The number of imide groups is 1. The zero-order valence-corrected chi connectivity index (χ0v) is 17.1. The molecule has 0 aliphatic rings. The number of rotatable bonds is 1. The smallest absolute Gasteiger partial charge is 0.425 e. The average molecular weight is 416 g/mol. The van der Waals surface area contributed by atoms with Gasteiger partial charge in [-0.25, -0.2) is 9.59 Å². The van der Waals surface area contributed by atoms with Crippen molar-refractivity contribution in [1.82, 2.24) is 4.90 Å². The Morgan fingerprint density at radius 2 is 1.29 bits per heavy atom. The molecular formula is C17H22BrNO4S. The number of benzene rings is 1. The summed E-state index contributed by atoms with van der Waals surface area (Å²) in [6.45, 7) is 10.3. The summed E-state index contributed by atoms with van der Waals surface area (Å²) in [7, 11) is 0. The number of ether oxygens (including phenoxy) is 2. The van der Waals surface area contributed by atoms with Crippen molar-refractivity contribution >= 4 is 45.3 Å². The fraction of sp³-hybridized carbons (Fsp3) is 0.471. The van der Waals surface area contributed by atoms with Crippen LogP contribution in [0.3, 0.4) is 0 Å². The molecule has 0 N–H and O–H groups in total. The summed E-state index contributed by atoms with van der Waals surface area (Å²) in [4.78, 5) is 25.7. The van der Waals surface area contributed by atoms with E-state index in [0.717, 1.165) is 9.37 Å². The Morgan fingerprint density at radius 3 is 1.62 bits per heavy atom. The molecule has 0 heterocycles. The number of hydrogen-bond donors (Lipinski definition) is 0. The van der Waals surface area contributed by atoms with E-state index >= 15 is 0 Å². The molecule has 1 aromatic carbocycles. The minimum atomic E-state index is -0.871. The molecule has 1 rings (SSSR count). The molecular weight excluding hydrogens is 394 g/mol. The van der Waals surface area contributed by atoms with Gasteiger partial charge < -0.3 is 9.47 Å². The van der Waals surface area contributed by atoms with Gasteiger partial charge >= 0.3 is 12.2 Å². The van der Waals surface area contributed by atoms with Crippen molar-refractivity contribution in [2.45, 2.75) is 52.7 Å². The molecule has 0 fully saturated rings. The van der Waals surface area contributed by atoms with Gasteiger partial charge in [0.2, 0.25) is 0 Å². The minimum Gasteiger partial charge on any atom is -0.443 e. The molecule has 5 nitrogen and oxygen atoms in total. The number of carbonyl (C=O) groups excluding carboxylic acids is 2. The lowest BCUT2D eigenvalue weighted by Crippen LogP contribution is -2.46. The summed E-state index contributed by atoms with van der Waals surface area (Å²) in [5, 5.41) is 0. The maximum Gasteiger partial charge on any atom is 0.425 e. The predicted molar refractivity (Wildman–Crippen MR) is 100 cm³/mol. The van der Waals surface area contributed by atoms with Crippen LogP contribution in [0.15, 0.2) is 28.7 Å². The van der Waals surface area contributed by atoms with E-state index in [1.807, 2.05) is 0 Å². The van der Waals surface area contributed by atoms with Gasteiger partial charge in [0.25, 0.3) is 0 Å². The van der Waals surface area contributed by atoms with E-state index in [1.165, 1.54) is 0 Å². The van der Waals surface area contributed by atoms with Gasteiger partial charge in [0.05, 0.1) is 0 Å². The highest BCUT2D eigenvalue weighted by molar-refractivity contribution is 9.10. The lowest BCUT2D eigenvalue weighted by molar-refractivity contribution is 0.0152. The monoisotopic (exact) mass is 415 g/mol. The molecule has 24 heavy (non-hydrogen) atoms. The first-order valence-corrected chi connectivity index (χ1v) is 8.56. The average Bonchev–Trinajstić information content (AvgIpc) is 2.34. The Balaban J connectivity index is 3.16. The van der Waals surface area contributed by atoms with Crippen molar-refractivity contribution in [1.29, 1.82) is 0 Å². The van der Waals surface area contributed by atoms with Crippen LogP contribution in [0.4, 0.5) is 9.59 Å². The second-order valence-electron chi connectivity index (χ2n) is 7.11. The minimum absolute atomic E-state index is 0.0194. The van der Waals surface area contributed by atoms with Crippen LogP contribution < -0.4 is 0 Å². The predicted octanol–water partition coefficient (Wildman–Crippen LogP) is 5.30. The van der Waals surface area contributed by atoms with Gasteiger partial charge in [-0.2, -0.15) is 4.90 Å². The van der Waals surface area contributed by atoms with E-state index in [0.29, 0.717) is 5.56 Å². The third-order valence-corrected chi connectivity index (χ3v) is 3.39. The molecule has 0 unspecified atom stereocenters. The van der Waals surface area contributed by atoms with E-state index in [9.17, 15) is 9.59 Å². The van der Waals surface area contributed by atoms with Crippen LogP contribution in [0.5, 0.6) is 0 Å². The number of nitrogens with zero attached hydrogens (tertiary/aromatic N) is 1. The fourth-order valence-electron chi connectivity index (χ4n) is 1.58. The van der Waals surface area contributed by atoms with Crippen LogP contribution in [0.25, 0.3) is 0 Å². The lowest BCUT2D eigenvalue weighted by atomic mass is 10.2. The summed E-state index contributed by atoms with van der Waals surface area (Å²) in [5.41, 5.74) is -1.01.